The first-order valence-corrected chi connectivity index (χ1v) is 22.3. The molecule has 0 bridgehead atoms. The molecule has 0 radical (unpaired) electrons. The third-order valence-electron chi connectivity index (χ3n) is 13.5. The maximum absolute atomic E-state index is 2.47. The summed E-state index contributed by atoms with van der Waals surface area (Å²) in [5.74, 6) is 0. The van der Waals surface area contributed by atoms with Gasteiger partial charge in [0.25, 0.3) is 0 Å². The van der Waals surface area contributed by atoms with Crippen LogP contribution in [-0.4, -0.2) is 4.57 Å². The van der Waals surface area contributed by atoms with Crippen LogP contribution >= 0.6 is 11.3 Å². The third-order valence-corrected chi connectivity index (χ3v) is 14.7. The predicted octanol–water partition coefficient (Wildman–Crippen LogP) is 16.9. The normalized spacial score (nSPS) is 13.1. The second kappa shape index (κ2) is 13.3. The number of anilines is 3. The zero-order chi connectivity index (χ0) is 41.1. The van der Waals surface area contributed by atoms with E-state index in [9.17, 15) is 0 Å². The summed E-state index contributed by atoms with van der Waals surface area (Å²) in [7, 11) is 0. The molecule has 0 saturated heterocycles. The number of aromatic nitrogens is 1. The largest absolute Gasteiger partial charge is 0.310 e. The quantitative estimate of drug-likeness (QED) is 0.157. The predicted molar refractivity (Wildman–Crippen MR) is 266 cm³/mol. The highest BCUT2D eigenvalue weighted by Crippen LogP contribution is 2.51. The Bertz CT molecular complexity index is 3780. The van der Waals surface area contributed by atoms with Gasteiger partial charge in [0.15, 0.2) is 0 Å². The Kier molecular flexibility index (Phi) is 7.56. The average molecular weight is 809 g/mol. The molecule has 1 aliphatic carbocycles. The van der Waals surface area contributed by atoms with Gasteiger partial charge in [0, 0.05) is 64.5 Å². The molecule has 0 atom stereocenters. The first kappa shape index (κ1) is 35.3. The van der Waals surface area contributed by atoms with Crippen LogP contribution in [0.3, 0.4) is 0 Å². The van der Waals surface area contributed by atoms with Gasteiger partial charge in [-0.25, -0.2) is 0 Å². The van der Waals surface area contributed by atoms with E-state index in [1.807, 2.05) is 11.3 Å². The molecule has 0 saturated carbocycles. The van der Waals surface area contributed by atoms with Crippen LogP contribution in [0.4, 0.5) is 17.1 Å². The molecule has 12 aromatic rings. The van der Waals surface area contributed by atoms with Crippen molar-refractivity contribution in [3.05, 3.63) is 217 Å². The number of hydrogen-bond acceptors (Lipinski definition) is 2. The lowest BCUT2D eigenvalue weighted by Gasteiger charge is -2.28. The van der Waals surface area contributed by atoms with Gasteiger partial charge in [0.05, 0.1) is 11.0 Å². The molecule has 10 aromatic carbocycles. The topological polar surface area (TPSA) is 8.17 Å². The summed E-state index contributed by atoms with van der Waals surface area (Å²) in [5, 5.41) is 10.3. The van der Waals surface area contributed by atoms with Crippen molar-refractivity contribution >= 4 is 91.9 Å². The van der Waals surface area contributed by atoms with E-state index in [4.69, 9.17) is 0 Å². The van der Waals surface area contributed by atoms with E-state index in [0.717, 1.165) is 11.4 Å². The SMILES string of the molecule is CC1(C)c2ccccc2-c2ccc(N(c3ccccc3)c3ccc4c(c3)sc3ccc(-c5ccc6c(c5)c5c7ccccc7c7ccccc7c5n6-c5ccccc5)cc34)cc21. The van der Waals surface area contributed by atoms with Crippen molar-refractivity contribution in [2.75, 3.05) is 4.90 Å². The average Bonchev–Trinajstić information content (AvgIpc) is 3.94. The number of rotatable bonds is 5. The van der Waals surface area contributed by atoms with Crippen molar-refractivity contribution in [2.45, 2.75) is 19.3 Å². The zero-order valence-corrected chi connectivity index (χ0v) is 35.2. The summed E-state index contributed by atoms with van der Waals surface area (Å²) >= 11 is 1.88. The van der Waals surface area contributed by atoms with E-state index in [0.29, 0.717) is 0 Å². The van der Waals surface area contributed by atoms with Crippen molar-refractivity contribution in [3.8, 4) is 27.9 Å². The Labute approximate surface area is 364 Å². The smallest absolute Gasteiger partial charge is 0.0625 e. The maximum atomic E-state index is 2.47. The maximum Gasteiger partial charge on any atom is 0.0625 e. The number of benzene rings is 10. The first-order chi connectivity index (χ1) is 30.5. The Morgan fingerprint density at radius 3 is 1.82 bits per heavy atom. The lowest BCUT2D eigenvalue weighted by molar-refractivity contribution is 0.660. The molecule has 1 aliphatic rings. The van der Waals surface area contributed by atoms with Gasteiger partial charge < -0.3 is 9.47 Å². The number of fused-ring (bicyclic) bond motifs is 14. The Morgan fingerprint density at radius 2 is 1.02 bits per heavy atom. The molecule has 0 fully saturated rings. The van der Waals surface area contributed by atoms with E-state index < -0.39 is 0 Å². The molecule has 2 nitrogen and oxygen atoms in total. The van der Waals surface area contributed by atoms with Crippen LogP contribution < -0.4 is 4.90 Å². The minimum atomic E-state index is -0.0803. The van der Waals surface area contributed by atoms with Crippen LogP contribution in [0.1, 0.15) is 25.0 Å². The highest BCUT2D eigenvalue weighted by Gasteiger charge is 2.35. The molecule has 2 heterocycles. The number of para-hydroxylation sites is 2. The van der Waals surface area contributed by atoms with Gasteiger partial charge in [0.1, 0.15) is 0 Å². The van der Waals surface area contributed by atoms with Crippen LogP contribution in [0.5, 0.6) is 0 Å². The van der Waals surface area contributed by atoms with Crippen LogP contribution in [0.25, 0.3) is 91.5 Å². The summed E-state index contributed by atoms with van der Waals surface area (Å²) in [6.07, 6.45) is 0. The minimum absolute atomic E-state index is 0.0803. The van der Waals surface area contributed by atoms with Crippen LogP contribution in [-0.2, 0) is 5.41 Å². The minimum Gasteiger partial charge on any atom is -0.310 e. The molecule has 2 aromatic heterocycles. The van der Waals surface area contributed by atoms with Crippen LogP contribution in [0, 0.1) is 0 Å². The molecular weight excluding hydrogens is 769 g/mol. The summed E-state index contributed by atoms with van der Waals surface area (Å²) in [6.45, 7) is 4.72. The monoisotopic (exact) mass is 808 g/mol. The summed E-state index contributed by atoms with van der Waals surface area (Å²) in [4.78, 5) is 2.42. The molecule has 0 amide bonds. The molecule has 0 aliphatic heterocycles. The Balaban J connectivity index is 0.960. The van der Waals surface area contributed by atoms with Gasteiger partial charge in [-0.3, -0.25) is 0 Å². The highest BCUT2D eigenvalue weighted by molar-refractivity contribution is 7.25. The Morgan fingerprint density at radius 1 is 0.403 bits per heavy atom. The van der Waals surface area contributed by atoms with E-state index >= 15 is 0 Å². The standard InChI is InChI=1S/C59H40N2S/c1-59(2)52-24-14-13-21-45(52)46-29-27-41(35-53(46)59)60(39-15-5-3-6-16-39)42-28-30-47-50-33-38(26-32-55(50)62-56(47)36-42)37-25-31-54-51(34-37)57-48-22-11-9-19-43(48)44-20-10-12-23-49(44)58(57)61(54)40-17-7-4-8-18-40/h3-36H,1-2H3. The molecule has 3 heteroatoms. The molecule has 0 N–H and O–H groups in total. The zero-order valence-electron chi connectivity index (χ0n) is 34.4. The lowest BCUT2D eigenvalue weighted by Crippen LogP contribution is -2.16. The fourth-order valence-corrected chi connectivity index (χ4v) is 11.8. The molecule has 0 spiro atoms. The van der Waals surface area contributed by atoms with Gasteiger partial charge in [-0.15, -0.1) is 11.3 Å². The number of thiophene rings is 1. The van der Waals surface area contributed by atoms with Gasteiger partial charge in [-0.05, 0) is 122 Å². The van der Waals surface area contributed by atoms with Gasteiger partial charge in [-0.2, -0.15) is 0 Å². The van der Waals surface area contributed by atoms with Crippen molar-refractivity contribution in [3.63, 3.8) is 0 Å². The molecular formula is C59H40N2S. The highest BCUT2D eigenvalue weighted by atomic mass is 32.1. The van der Waals surface area contributed by atoms with E-state index in [1.54, 1.807) is 0 Å². The van der Waals surface area contributed by atoms with Crippen molar-refractivity contribution in [1.82, 2.24) is 4.57 Å². The first-order valence-electron chi connectivity index (χ1n) is 21.5. The second-order valence-corrected chi connectivity index (χ2v) is 18.4. The van der Waals surface area contributed by atoms with Crippen LogP contribution in [0.2, 0.25) is 0 Å². The van der Waals surface area contributed by atoms with E-state index in [1.165, 1.54) is 108 Å². The summed E-state index contributed by atoms with van der Waals surface area (Å²) in [5.41, 5.74) is 14.9. The third kappa shape index (κ3) is 5.09. The van der Waals surface area contributed by atoms with Crippen molar-refractivity contribution < 1.29 is 0 Å². The Hall–Kier alpha value is -7.46. The molecule has 62 heavy (non-hydrogen) atoms. The molecule has 0 unspecified atom stereocenters. The van der Waals surface area contributed by atoms with Crippen molar-refractivity contribution in [1.29, 1.82) is 0 Å². The fraction of sp³-hybridized carbons (Fsp3) is 0.0508. The molecule has 13 rings (SSSR count). The fourth-order valence-electron chi connectivity index (χ4n) is 10.6. The van der Waals surface area contributed by atoms with Gasteiger partial charge >= 0.3 is 0 Å². The number of hydrogen-bond donors (Lipinski definition) is 0. The second-order valence-electron chi connectivity index (χ2n) is 17.3. The number of nitrogens with zero attached hydrogens (tertiary/aromatic N) is 2. The van der Waals surface area contributed by atoms with E-state index in [-0.39, 0.29) is 5.41 Å². The van der Waals surface area contributed by atoms with E-state index in [2.05, 4.69) is 230 Å². The lowest BCUT2D eigenvalue weighted by atomic mass is 9.82. The molecule has 292 valence electrons. The van der Waals surface area contributed by atoms with Gasteiger partial charge in [0.2, 0.25) is 0 Å². The summed E-state index contributed by atoms with van der Waals surface area (Å²) in [6, 6.07) is 76.5. The van der Waals surface area contributed by atoms with Crippen LogP contribution in [0.15, 0.2) is 206 Å². The van der Waals surface area contributed by atoms with Gasteiger partial charge in [-0.1, -0.05) is 147 Å². The summed E-state index contributed by atoms with van der Waals surface area (Å²) < 4.78 is 5.05. The van der Waals surface area contributed by atoms with Crippen molar-refractivity contribution in [2.24, 2.45) is 0 Å².